The predicted molar refractivity (Wildman–Crippen MR) is 79.2 cm³/mol. The van der Waals surface area contributed by atoms with Gasteiger partial charge in [-0.25, -0.2) is 8.42 Å². The van der Waals surface area contributed by atoms with Crippen LogP contribution in [0.1, 0.15) is 37.7 Å². The van der Waals surface area contributed by atoms with Crippen molar-refractivity contribution in [1.29, 1.82) is 0 Å². The van der Waals surface area contributed by atoms with Crippen molar-refractivity contribution in [2.24, 2.45) is 0 Å². The number of ether oxygens (including phenoxy) is 1. The van der Waals surface area contributed by atoms with Crippen LogP contribution in [-0.2, 0) is 13.8 Å². The number of hydrogen-bond acceptors (Lipinski definition) is 3. The Morgan fingerprint density at radius 1 is 1.21 bits per heavy atom. The summed E-state index contributed by atoms with van der Waals surface area (Å²) < 4.78 is 28.1. The van der Waals surface area contributed by atoms with Gasteiger partial charge in [0.15, 0.2) is 0 Å². The van der Waals surface area contributed by atoms with Crippen molar-refractivity contribution in [2.45, 2.75) is 32.1 Å². The van der Waals surface area contributed by atoms with Gasteiger partial charge in [0.05, 0.1) is 12.4 Å². The first kappa shape index (κ1) is 16.5. The molecule has 19 heavy (non-hydrogen) atoms. The van der Waals surface area contributed by atoms with E-state index in [2.05, 4.69) is 6.92 Å². The summed E-state index contributed by atoms with van der Waals surface area (Å²) in [5, 5.41) is 0. The summed E-state index contributed by atoms with van der Waals surface area (Å²) in [5.74, 6) is -0.294. The molecule has 0 fully saturated rings. The molecule has 0 aliphatic rings. The first-order valence-electron chi connectivity index (χ1n) is 6.58. The number of rotatable bonds is 9. The highest BCUT2D eigenvalue weighted by Gasteiger charge is 2.19. The molecule has 108 valence electrons. The molecule has 1 aromatic rings. The van der Waals surface area contributed by atoms with Crippen LogP contribution in [0.15, 0.2) is 30.3 Å². The fourth-order valence-electron chi connectivity index (χ4n) is 1.89. The normalized spacial score (nSPS) is 13.4. The van der Waals surface area contributed by atoms with Crippen molar-refractivity contribution >= 4 is 19.7 Å². The number of halogens is 1. The van der Waals surface area contributed by atoms with E-state index in [0.717, 1.165) is 24.8 Å². The van der Waals surface area contributed by atoms with Crippen LogP contribution >= 0.6 is 10.7 Å². The molecule has 1 atom stereocenters. The van der Waals surface area contributed by atoms with Crippen LogP contribution in [-0.4, -0.2) is 27.4 Å². The zero-order valence-corrected chi connectivity index (χ0v) is 12.8. The molecule has 0 radical (unpaired) electrons. The second-order valence-electron chi connectivity index (χ2n) is 4.60. The van der Waals surface area contributed by atoms with Crippen LogP contribution in [0, 0.1) is 0 Å². The Hall–Kier alpha value is -0.580. The summed E-state index contributed by atoms with van der Waals surface area (Å²) in [7, 11) is 1.83. The zero-order valence-electron chi connectivity index (χ0n) is 11.2. The van der Waals surface area contributed by atoms with Gasteiger partial charge in [-0.05, 0) is 12.0 Å². The molecular formula is C14H21ClO3S. The maximum atomic E-state index is 11.3. The van der Waals surface area contributed by atoms with Crippen LogP contribution in [0.25, 0.3) is 0 Å². The lowest BCUT2D eigenvalue weighted by molar-refractivity contribution is 0.120. The lowest BCUT2D eigenvalue weighted by Crippen LogP contribution is -2.16. The highest BCUT2D eigenvalue weighted by molar-refractivity contribution is 8.13. The summed E-state index contributed by atoms with van der Waals surface area (Å²) in [6.07, 6.45) is 3.27. The van der Waals surface area contributed by atoms with E-state index in [4.69, 9.17) is 15.4 Å². The molecule has 0 aromatic heterocycles. The van der Waals surface area contributed by atoms with Gasteiger partial charge >= 0.3 is 0 Å². The molecule has 0 bridgehead atoms. The molecule has 0 aliphatic heterocycles. The summed E-state index contributed by atoms with van der Waals surface area (Å²) in [6.45, 7) is 3.19. The van der Waals surface area contributed by atoms with E-state index in [-0.39, 0.29) is 11.7 Å². The molecule has 1 unspecified atom stereocenters. The van der Waals surface area contributed by atoms with E-state index in [0.29, 0.717) is 13.2 Å². The van der Waals surface area contributed by atoms with E-state index in [1.54, 1.807) is 0 Å². The Morgan fingerprint density at radius 3 is 2.47 bits per heavy atom. The lowest BCUT2D eigenvalue weighted by atomic mass is 10.0. The maximum absolute atomic E-state index is 11.3. The second kappa shape index (κ2) is 8.56. The third-order valence-corrected chi connectivity index (χ3v) is 4.06. The molecule has 0 aliphatic carbocycles. The Bertz CT molecular complexity index is 445. The first-order chi connectivity index (χ1) is 9.03. The van der Waals surface area contributed by atoms with E-state index in [9.17, 15) is 8.42 Å². The Morgan fingerprint density at radius 2 is 1.89 bits per heavy atom. The molecular weight excluding hydrogens is 284 g/mol. The molecule has 3 nitrogen and oxygen atoms in total. The van der Waals surface area contributed by atoms with Gasteiger partial charge in [-0.15, -0.1) is 0 Å². The standard InChI is InChI=1S/C14H21ClO3S/c1-2-3-7-10-18-11-14(12-19(15,16)17)13-8-5-4-6-9-13/h4-6,8-9,14H,2-3,7,10-12H2,1H3. The SMILES string of the molecule is CCCCCOCC(CS(=O)(=O)Cl)c1ccccc1. The minimum Gasteiger partial charge on any atom is -0.381 e. The smallest absolute Gasteiger partial charge is 0.233 e. The molecule has 0 saturated heterocycles. The van der Waals surface area contributed by atoms with E-state index < -0.39 is 9.05 Å². The molecule has 0 heterocycles. The summed E-state index contributed by atoms with van der Waals surface area (Å²) in [5.41, 5.74) is 0.946. The third kappa shape index (κ3) is 7.55. The fraction of sp³-hybridized carbons (Fsp3) is 0.571. The quantitative estimate of drug-likeness (QED) is 0.517. The van der Waals surface area contributed by atoms with E-state index >= 15 is 0 Å². The van der Waals surface area contributed by atoms with Crippen LogP contribution in [0.3, 0.4) is 0 Å². The molecule has 0 spiro atoms. The summed E-state index contributed by atoms with van der Waals surface area (Å²) >= 11 is 0. The average molecular weight is 305 g/mol. The highest BCUT2D eigenvalue weighted by atomic mass is 35.7. The summed E-state index contributed by atoms with van der Waals surface area (Å²) in [6, 6.07) is 9.49. The van der Waals surface area contributed by atoms with E-state index in [1.807, 2.05) is 30.3 Å². The van der Waals surface area contributed by atoms with Crippen molar-refractivity contribution in [3.8, 4) is 0 Å². The Balaban J connectivity index is 2.56. The number of benzene rings is 1. The van der Waals surface area contributed by atoms with Crippen LogP contribution < -0.4 is 0 Å². The van der Waals surface area contributed by atoms with Crippen LogP contribution in [0.5, 0.6) is 0 Å². The molecule has 0 N–H and O–H groups in total. The average Bonchev–Trinajstić information content (AvgIpc) is 2.37. The van der Waals surface area contributed by atoms with Crippen molar-refractivity contribution in [1.82, 2.24) is 0 Å². The predicted octanol–water partition coefficient (Wildman–Crippen LogP) is 3.55. The van der Waals surface area contributed by atoms with Crippen LogP contribution in [0.2, 0.25) is 0 Å². The molecule has 0 saturated carbocycles. The van der Waals surface area contributed by atoms with E-state index in [1.165, 1.54) is 0 Å². The minimum atomic E-state index is -3.53. The van der Waals surface area contributed by atoms with Crippen molar-refractivity contribution in [3.63, 3.8) is 0 Å². The molecule has 1 rings (SSSR count). The Kier molecular flexibility index (Phi) is 7.42. The number of hydrogen-bond donors (Lipinski definition) is 0. The van der Waals surface area contributed by atoms with Gasteiger partial charge in [0, 0.05) is 23.2 Å². The van der Waals surface area contributed by atoms with Gasteiger partial charge < -0.3 is 4.74 Å². The van der Waals surface area contributed by atoms with Gasteiger partial charge in [-0.3, -0.25) is 0 Å². The molecule has 5 heteroatoms. The van der Waals surface area contributed by atoms with Gasteiger partial charge in [-0.1, -0.05) is 50.1 Å². The Labute approximate surface area is 120 Å². The van der Waals surface area contributed by atoms with Gasteiger partial charge in [-0.2, -0.15) is 0 Å². The lowest BCUT2D eigenvalue weighted by Gasteiger charge is -2.16. The number of unbranched alkanes of at least 4 members (excludes halogenated alkanes) is 2. The van der Waals surface area contributed by atoms with Gasteiger partial charge in [0.2, 0.25) is 9.05 Å². The fourth-order valence-corrected chi connectivity index (χ4v) is 3.11. The monoisotopic (exact) mass is 304 g/mol. The third-order valence-electron chi connectivity index (χ3n) is 2.88. The second-order valence-corrected chi connectivity index (χ2v) is 7.42. The first-order valence-corrected chi connectivity index (χ1v) is 9.06. The largest absolute Gasteiger partial charge is 0.381 e. The van der Waals surface area contributed by atoms with Crippen molar-refractivity contribution in [2.75, 3.05) is 19.0 Å². The highest BCUT2D eigenvalue weighted by Crippen LogP contribution is 2.20. The van der Waals surface area contributed by atoms with Gasteiger partial charge in [0.1, 0.15) is 0 Å². The zero-order chi connectivity index (χ0) is 14.1. The van der Waals surface area contributed by atoms with Crippen molar-refractivity contribution < 1.29 is 13.2 Å². The van der Waals surface area contributed by atoms with Crippen LogP contribution in [0.4, 0.5) is 0 Å². The maximum Gasteiger partial charge on any atom is 0.233 e. The van der Waals surface area contributed by atoms with Crippen molar-refractivity contribution in [3.05, 3.63) is 35.9 Å². The minimum absolute atomic E-state index is 0.0909. The molecule has 1 aromatic carbocycles. The molecule has 0 amide bonds. The topological polar surface area (TPSA) is 43.4 Å². The van der Waals surface area contributed by atoms with Gasteiger partial charge in [0.25, 0.3) is 0 Å². The summed E-state index contributed by atoms with van der Waals surface area (Å²) in [4.78, 5) is 0.